The summed E-state index contributed by atoms with van der Waals surface area (Å²) in [7, 11) is 1.68. The number of fused-ring (bicyclic) bond motifs is 1. The van der Waals surface area contributed by atoms with Crippen LogP contribution < -0.4 is 26.8 Å². The number of nitrogen functional groups attached to an aromatic ring is 1. The van der Waals surface area contributed by atoms with Gasteiger partial charge in [-0.1, -0.05) is 25.5 Å². The molecule has 0 spiro atoms. The molecule has 1 aliphatic heterocycles. The Morgan fingerprint density at radius 1 is 1.32 bits per heavy atom. The molecule has 3 aromatic rings. The maximum absolute atomic E-state index is 6.12. The first-order valence-corrected chi connectivity index (χ1v) is 10.6. The van der Waals surface area contributed by atoms with Gasteiger partial charge in [-0.15, -0.1) is 0 Å². The summed E-state index contributed by atoms with van der Waals surface area (Å²) in [6.07, 6.45) is 3.42. The van der Waals surface area contributed by atoms with Crippen molar-refractivity contribution in [1.29, 1.82) is 0 Å². The first-order chi connectivity index (χ1) is 15.1. The van der Waals surface area contributed by atoms with Crippen LogP contribution >= 0.6 is 0 Å². The predicted octanol–water partition coefficient (Wildman–Crippen LogP) is 1.45. The molecule has 0 radical (unpaired) electrons. The van der Waals surface area contributed by atoms with Crippen molar-refractivity contribution >= 4 is 22.8 Å². The number of rotatable bonds is 10. The fourth-order valence-electron chi connectivity index (χ4n) is 3.54. The third-order valence-corrected chi connectivity index (χ3v) is 5.27. The van der Waals surface area contributed by atoms with E-state index in [0.717, 1.165) is 49.5 Å². The zero-order valence-electron chi connectivity index (χ0n) is 18.0. The first-order valence-electron chi connectivity index (χ1n) is 10.6. The van der Waals surface area contributed by atoms with Crippen molar-refractivity contribution in [2.75, 3.05) is 31.4 Å². The monoisotopic (exact) mass is 426 g/mol. The molecule has 166 valence electrons. The summed E-state index contributed by atoms with van der Waals surface area (Å²) in [6, 6.07) is 6.65. The molecule has 1 aromatic carbocycles. The Morgan fingerprint density at radius 3 is 2.87 bits per heavy atom. The molecule has 10 heteroatoms. The predicted molar refractivity (Wildman–Crippen MR) is 120 cm³/mol. The lowest BCUT2D eigenvalue weighted by Crippen LogP contribution is -2.45. The number of nitrogens with two attached hydrogens (primary N) is 2. The molecule has 2 aromatic heterocycles. The van der Waals surface area contributed by atoms with E-state index in [1.807, 2.05) is 10.9 Å². The van der Waals surface area contributed by atoms with Crippen molar-refractivity contribution in [3.63, 3.8) is 0 Å². The number of hydrogen-bond acceptors (Lipinski definition) is 9. The van der Waals surface area contributed by atoms with Crippen LogP contribution in [0.3, 0.4) is 0 Å². The molecule has 1 saturated heterocycles. The lowest BCUT2D eigenvalue weighted by atomic mass is 10.1. The molecule has 3 heterocycles. The number of nitrogens with zero attached hydrogens (tertiary/aromatic N) is 4. The van der Waals surface area contributed by atoms with Gasteiger partial charge in [-0.05, 0) is 18.1 Å². The van der Waals surface area contributed by atoms with Crippen LogP contribution in [0, 0.1) is 0 Å². The van der Waals surface area contributed by atoms with Crippen molar-refractivity contribution < 1.29 is 9.47 Å². The van der Waals surface area contributed by atoms with E-state index in [2.05, 4.69) is 50.8 Å². The molecule has 0 aliphatic carbocycles. The van der Waals surface area contributed by atoms with Gasteiger partial charge in [0.05, 0.1) is 45.3 Å². The standard InChI is InChI=1S/C21H30N8O2/c1-3-4-18(22)26-20-19-16(25-21(23)27-20)10-29(28-19)9-14-6-5-13(7-17(14)30-2)8-24-15-11-31-12-15/h5-7,10,15,18,24H,3-4,8-9,11-12,22H2,1-2H3,(H3,23,25,26,27). The van der Waals surface area contributed by atoms with E-state index in [9.17, 15) is 0 Å². The molecule has 0 bridgehead atoms. The first kappa shape index (κ1) is 21.3. The van der Waals surface area contributed by atoms with Crippen LogP contribution in [-0.4, -0.2) is 52.3 Å². The van der Waals surface area contributed by atoms with Gasteiger partial charge >= 0.3 is 0 Å². The molecule has 1 unspecified atom stereocenters. The highest BCUT2D eigenvalue weighted by Crippen LogP contribution is 2.24. The molecule has 1 atom stereocenters. The number of benzene rings is 1. The van der Waals surface area contributed by atoms with Crippen LogP contribution in [0.4, 0.5) is 11.8 Å². The van der Waals surface area contributed by atoms with Crippen molar-refractivity contribution in [3.8, 4) is 5.75 Å². The van der Waals surface area contributed by atoms with Gasteiger partial charge in [-0.3, -0.25) is 4.68 Å². The van der Waals surface area contributed by atoms with Crippen molar-refractivity contribution in [2.24, 2.45) is 5.73 Å². The van der Waals surface area contributed by atoms with Gasteiger partial charge in [0.2, 0.25) is 5.95 Å². The van der Waals surface area contributed by atoms with Gasteiger partial charge in [0.1, 0.15) is 11.3 Å². The minimum atomic E-state index is -0.222. The topological polar surface area (TPSA) is 138 Å². The van der Waals surface area contributed by atoms with Crippen LogP contribution in [-0.2, 0) is 17.8 Å². The highest BCUT2D eigenvalue weighted by Gasteiger charge is 2.18. The summed E-state index contributed by atoms with van der Waals surface area (Å²) in [5.74, 6) is 1.55. The SMILES string of the molecule is CCCC(N)Nc1nc(N)nc2cn(Cc3ccc(CNC4COC4)cc3OC)nc12. The molecule has 1 aliphatic rings. The van der Waals surface area contributed by atoms with Crippen LogP contribution in [0.25, 0.3) is 11.0 Å². The Bertz CT molecular complexity index is 1030. The maximum Gasteiger partial charge on any atom is 0.222 e. The fourth-order valence-corrected chi connectivity index (χ4v) is 3.54. The van der Waals surface area contributed by atoms with E-state index in [-0.39, 0.29) is 12.1 Å². The third-order valence-electron chi connectivity index (χ3n) is 5.27. The molecule has 10 nitrogen and oxygen atoms in total. The minimum absolute atomic E-state index is 0.185. The fraction of sp³-hybridized carbons (Fsp3) is 0.476. The average molecular weight is 427 g/mol. The molecule has 6 N–H and O–H groups in total. The highest BCUT2D eigenvalue weighted by atomic mass is 16.5. The van der Waals surface area contributed by atoms with Crippen LogP contribution in [0.5, 0.6) is 5.75 Å². The summed E-state index contributed by atoms with van der Waals surface area (Å²) in [4.78, 5) is 8.61. The smallest absolute Gasteiger partial charge is 0.222 e. The van der Waals surface area contributed by atoms with E-state index >= 15 is 0 Å². The maximum atomic E-state index is 6.12. The van der Waals surface area contributed by atoms with Crippen molar-refractivity contribution in [2.45, 2.75) is 45.1 Å². The van der Waals surface area contributed by atoms with E-state index in [1.165, 1.54) is 0 Å². The van der Waals surface area contributed by atoms with E-state index in [0.29, 0.717) is 29.4 Å². The van der Waals surface area contributed by atoms with Crippen LogP contribution in [0.1, 0.15) is 30.9 Å². The molecule has 4 rings (SSSR count). The van der Waals surface area contributed by atoms with E-state index in [4.69, 9.17) is 20.9 Å². The molecule has 31 heavy (non-hydrogen) atoms. The summed E-state index contributed by atoms with van der Waals surface area (Å²) >= 11 is 0. The van der Waals surface area contributed by atoms with E-state index < -0.39 is 0 Å². The number of anilines is 2. The summed E-state index contributed by atoms with van der Waals surface area (Å²) in [5.41, 5.74) is 15.5. The lowest BCUT2D eigenvalue weighted by Gasteiger charge is -2.27. The minimum Gasteiger partial charge on any atom is -0.496 e. The quantitative estimate of drug-likeness (QED) is 0.355. The van der Waals surface area contributed by atoms with Gasteiger partial charge in [0, 0.05) is 12.1 Å². The zero-order valence-corrected chi connectivity index (χ0v) is 18.0. The Morgan fingerprint density at radius 2 is 2.16 bits per heavy atom. The largest absolute Gasteiger partial charge is 0.496 e. The normalized spacial score (nSPS) is 15.1. The van der Waals surface area contributed by atoms with Gasteiger partial charge in [0.15, 0.2) is 11.3 Å². The molecule has 1 fully saturated rings. The van der Waals surface area contributed by atoms with Crippen molar-refractivity contribution in [1.82, 2.24) is 25.1 Å². The molecular weight excluding hydrogens is 396 g/mol. The van der Waals surface area contributed by atoms with Crippen LogP contribution in [0.2, 0.25) is 0 Å². The summed E-state index contributed by atoms with van der Waals surface area (Å²) in [5, 5.41) is 11.3. The number of hydrogen-bond donors (Lipinski definition) is 4. The van der Waals surface area contributed by atoms with Gasteiger partial charge in [0.25, 0.3) is 0 Å². The van der Waals surface area contributed by atoms with Gasteiger partial charge < -0.3 is 31.6 Å². The summed E-state index contributed by atoms with van der Waals surface area (Å²) in [6.45, 7) is 4.93. The Kier molecular flexibility index (Phi) is 6.50. The number of aromatic nitrogens is 4. The average Bonchev–Trinajstić information content (AvgIpc) is 3.10. The second-order valence-corrected chi connectivity index (χ2v) is 7.79. The molecular formula is C21H30N8O2. The second kappa shape index (κ2) is 9.46. The number of nitrogens with one attached hydrogen (secondary N) is 2. The third kappa shape index (κ3) is 5.04. The second-order valence-electron chi connectivity index (χ2n) is 7.79. The van der Waals surface area contributed by atoms with Gasteiger partial charge in [-0.25, -0.2) is 4.98 Å². The van der Waals surface area contributed by atoms with Gasteiger partial charge in [-0.2, -0.15) is 10.1 Å². The lowest BCUT2D eigenvalue weighted by molar-refractivity contribution is -0.00578. The number of methoxy groups -OCH3 is 1. The van der Waals surface area contributed by atoms with Crippen LogP contribution in [0.15, 0.2) is 24.4 Å². The van der Waals surface area contributed by atoms with E-state index in [1.54, 1.807) is 7.11 Å². The zero-order chi connectivity index (χ0) is 21.8. The number of ether oxygens (including phenoxy) is 2. The summed E-state index contributed by atoms with van der Waals surface area (Å²) < 4.78 is 12.6. The Balaban J connectivity index is 1.53. The highest BCUT2D eigenvalue weighted by molar-refractivity contribution is 5.85. The Labute approximate surface area is 181 Å². The molecule has 0 amide bonds. The van der Waals surface area contributed by atoms with Crippen molar-refractivity contribution in [3.05, 3.63) is 35.5 Å². The molecule has 0 saturated carbocycles. The Hall–Kier alpha value is -2.95.